The summed E-state index contributed by atoms with van der Waals surface area (Å²) < 4.78 is 10.8. The van der Waals surface area contributed by atoms with Crippen LogP contribution < -0.4 is 15.4 Å². The molecule has 0 aliphatic rings. The maximum absolute atomic E-state index is 12.2. The molecule has 2 N–H and O–H groups in total. The van der Waals surface area contributed by atoms with Gasteiger partial charge in [-0.05, 0) is 79.9 Å². The normalized spacial score (nSPS) is 10.4. The highest BCUT2D eigenvalue weighted by Gasteiger charge is 2.12. The molecule has 0 unspecified atom stereocenters. The second-order valence-electron chi connectivity index (χ2n) is 8.16. The van der Waals surface area contributed by atoms with Gasteiger partial charge in [-0.1, -0.05) is 35.3 Å². The molecule has 188 valence electrons. The van der Waals surface area contributed by atoms with E-state index in [9.17, 15) is 14.4 Å². The summed E-state index contributed by atoms with van der Waals surface area (Å²) >= 11 is 11.9. The second-order valence-corrected chi connectivity index (χ2v) is 8.95. The number of hydrogen-bond donors (Lipinski definition) is 2. The van der Waals surface area contributed by atoms with E-state index in [1.807, 2.05) is 26.0 Å². The maximum atomic E-state index is 12.2. The molecule has 7 nitrogen and oxygen atoms in total. The molecule has 3 aromatic rings. The van der Waals surface area contributed by atoms with Gasteiger partial charge >= 0.3 is 5.97 Å². The summed E-state index contributed by atoms with van der Waals surface area (Å²) in [7, 11) is 0. The number of anilines is 2. The zero-order valence-corrected chi connectivity index (χ0v) is 21.4. The predicted molar refractivity (Wildman–Crippen MR) is 141 cm³/mol. The molecule has 0 bridgehead atoms. The van der Waals surface area contributed by atoms with Gasteiger partial charge in [0.05, 0.1) is 15.7 Å². The molecule has 0 saturated carbocycles. The van der Waals surface area contributed by atoms with Crippen LogP contribution in [0.2, 0.25) is 10.0 Å². The van der Waals surface area contributed by atoms with Crippen LogP contribution in [-0.4, -0.2) is 24.4 Å². The van der Waals surface area contributed by atoms with Gasteiger partial charge in [-0.25, -0.2) is 0 Å². The molecule has 0 heterocycles. The number of rotatable bonds is 10. The number of nitrogens with one attached hydrogen (secondary N) is 2. The largest absolute Gasteiger partial charge is 0.457 e. The molecule has 0 aliphatic heterocycles. The van der Waals surface area contributed by atoms with Crippen LogP contribution in [0, 0.1) is 13.8 Å². The number of aryl methyl sites for hydroxylation is 2. The average molecular weight is 529 g/mol. The molecular formula is C27H26Cl2N2O5. The molecule has 0 fully saturated rings. The molecule has 9 heteroatoms. The smallest absolute Gasteiger partial charge is 0.306 e. The minimum atomic E-state index is -0.581. The number of amides is 2. The fourth-order valence-electron chi connectivity index (χ4n) is 3.36. The van der Waals surface area contributed by atoms with Crippen molar-refractivity contribution in [3.05, 3.63) is 81.8 Å². The van der Waals surface area contributed by atoms with Crippen molar-refractivity contribution in [2.24, 2.45) is 0 Å². The van der Waals surface area contributed by atoms with Crippen LogP contribution in [0.25, 0.3) is 0 Å². The first-order valence-corrected chi connectivity index (χ1v) is 12.0. The van der Waals surface area contributed by atoms with E-state index in [4.69, 9.17) is 32.7 Å². The molecule has 0 saturated heterocycles. The highest BCUT2D eigenvalue weighted by atomic mass is 35.5. The highest BCUT2D eigenvalue weighted by molar-refractivity contribution is 6.44. The highest BCUT2D eigenvalue weighted by Crippen LogP contribution is 2.29. The van der Waals surface area contributed by atoms with E-state index < -0.39 is 18.5 Å². The Morgan fingerprint density at radius 3 is 2.19 bits per heavy atom. The minimum absolute atomic E-state index is 0.00130. The lowest BCUT2D eigenvalue weighted by Gasteiger charge is -2.10. The van der Waals surface area contributed by atoms with Gasteiger partial charge in [0.2, 0.25) is 5.91 Å². The van der Waals surface area contributed by atoms with Gasteiger partial charge in [0.15, 0.2) is 6.61 Å². The molecule has 0 aliphatic carbocycles. The van der Waals surface area contributed by atoms with E-state index in [1.54, 1.807) is 42.5 Å². The Bertz CT molecular complexity index is 1230. The molecule has 0 spiro atoms. The predicted octanol–water partition coefficient (Wildman–Crippen LogP) is 6.69. The van der Waals surface area contributed by atoms with E-state index in [0.717, 1.165) is 16.9 Å². The van der Waals surface area contributed by atoms with Crippen LogP contribution in [0.15, 0.2) is 60.7 Å². The van der Waals surface area contributed by atoms with Crippen molar-refractivity contribution in [3.63, 3.8) is 0 Å². The summed E-state index contributed by atoms with van der Waals surface area (Å²) in [6, 6.07) is 17.8. The Morgan fingerprint density at radius 1 is 0.806 bits per heavy atom. The molecule has 0 aromatic heterocycles. The first-order chi connectivity index (χ1) is 17.2. The molecule has 36 heavy (non-hydrogen) atoms. The van der Waals surface area contributed by atoms with E-state index in [1.165, 1.54) is 0 Å². The van der Waals surface area contributed by atoms with E-state index >= 15 is 0 Å². The zero-order valence-electron chi connectivity index (χ0n) is 19.9. The van der Waals surface area contributed by atoms with Gasteiger partial charge in [0.1, 0.15) is 11.5 Å². The van der Waals surface area contributed by atoms with E-state index in [0.29, 0.717) is 22.1 Å². The van der Waals surface area contributed by atoms with Crippen molar-refractivity contribution in [2.75, 3.05) is 17.2 Å². The van der Waals surface area contributed by atoms with Crippen molar-refractivity contribution in [1.29, 1.82) is 0 Å². The lowest BCUT2D eigenvalue weighted by molar-refractivity contribution is -0.147. The number of ether oxygens (including phenoxy) is 2. The van der Waals surface area contributed by atoms with Gasteiger partial charge in [-0.3, -0.25) is 14.4 Å². The molecule has 3 aromatic carbocycles. The third-order valence-corrected chi connectivity index (χ3v) is 5.76. The number of benzene rings is 3. The van der Waals surface area contributed by atoms with Crippen LogP contribution in [0.4, 0.5) is 11.4 Å². The van der Waals surface area contributed by atoms with Crippen molar-refractivity contribution in [2.45, 2.75) is 33.1 Å². The SMILES string of the molecule is Cc1cc(C)cc(Oc2ccc(NC(=O)CCCC(=O)OCC(=O)Nc3cccc(Cl)c3Cl)cc2)c1. The standard InChI is InChI=1S/C27H26Cl2N2O5/c1-17-13-18(2)15-21(14-17)36-20-11-9-19(10-12-20)30-24(32)7-4-8-26(34)35-16-25(33)31-23-6-3-5-22(28)27(23)29/h3,5-6,9-15H,4,7-8,16H2,1-2H3,(H,30,32)(H,31,33). The first kappa shape index (κ1) is 27.0. The fraction of sp³-hybridized carbons (Fsp3) is 0.222. The summed E-state index contributed by atoms with van der Waals surface area (Å²) in [5, 5.41) is 5.80. The Kier molecular flexibility index (Phi) is 9.73. The van der Waals surface area contributed by atoms with Crippen molar-refractivity contribution in [1.82, 2.24) is 0 Å². The lowest BCUT2D eigenvalue weighted by Crippen LogP contribution is -2.21. The molecule has 2 amide bonds. The van der Waals surface area contributed by atoms with Gasteiger partial charge in [-0.2, -0.15) is 0 Å². The van der Waals surface area contributed by atoms with Gasteiger partial charge in [0, 0.05) is 18.5 Å². The summed E-state index contributed by atoms with van der Waals surface area (Å²) in [5.41, 5.74) is 3.17. The van der Waals surface area contributed by atoms with Crippen LogP contribution in [0.3, 0.4) is 0 Å². The number of halogens is 2. The molecular weight excluding hydrogens is 503 g/mol. The molecule has 0 radical (unpaired) electrons. The quantitative estimate of drug-likeness (QED) is 0.285. The second kappa shape index (κ2) is 13.0. The van der Waals surface area contributed by atoms with Crippen LogP contribution in [0.5, 0.6) is 11.5 Å². The topological polar surface area (TPSA) is 93.7 Å². The number of esters is 1. The van der Waals surface area contributed by atoms with Crippen LogP contribution in [-0.2, 0) is 19.1 Å². The monoisotopic (exact) mass is 528 g/mol. The van der Waals surface area contributed by atoms with Gasteiger partial charge in [-0.15, -0.1) is 0 Å². The Balaban J connectivity index is 1.35. The van der Waals surface area contributed by atoms with Crippen molar-refractivity contribution in [3.8, 4) is 11.5 Å². The summed E-state index contributed by atoms with van der Waals surface area (Å²) in [6.45, 7) is 3.55. The number of carbonyl (C=O) groups excluding carboxylic acids is 3. The van der Waals surface area contributed by atoms with E-state index in [-0.39, 0.29) is 30.2 Å². The van der Waals surface area contributed by atoms with Crippen molar-refractivity contribution >= 4 is 52.4 Å². The molecule has 0 atom stereocenters. The lowest BCUT2D eigenvalue weighted by atomic mass is 10.1. The third kappa shape index (κ3) is 8.59. The summed E-state index contributed by atoms with van der Waals surface area (Å²) in [6.07, 6.45) is 0.405. The maximum Gasteiger partial charge on any atom is 0.306 e. The van der Waals surface area contributed by atoms with Crippen molar-refractivity contribution < 1.29 is 23.9 Å². The Morgan fingerprint density at radius 2 is 1.50 bits per heavy atom. The van der Waals surface area contributed by atoms with Gasteiger partial charge in [0.25, 0.3) is 5.91 Å². The zero-order chi connectivity index (χ0) is 26.1. The van der Waals surface area contributed by atoms with Crippen LogP contribution in [0.1, 0.15) is 30.4 Å². The Hall–Kier alpha value is -3.55. The summed E-state index contributed by atoms with van der Waals surface area (Å²) in [4.78, 5) is 36.0. The van der Waals surface area contributed by atoms with Crippen LogP contribution >= 0.6 is 23.2 Å². The van der Waals surface area contributed by atoms with E-state index in [2.05, 4.69) is 16.7 Å². The molecule has 3 rings (SSSR count). The number of carbonyl (C=O) groups is 3. The number of hydrogen-bond acceptors (Lipinski definition) is 5. The fourth-order valence-corrected chi connectivity index (χ4v) is 3.70. The minimum Gasteiger partial charge on any atom is -0.457 e. The third-order valence-electron chi connectivity index (χ3n) is 4.94. The van der Waals surface area contributed by atoms with Gasteiger partial charge < -0.3 is 20.1 Å². The summed E-state index contributed by atoms with van der Waals surface area (Å²) in [5.74, 6) is 0.0432. The Labute approximate surface area is 219 Å². The average Bonchev–Trinajstić information content (AvgIpc) is 2.81. The first-order valence-electron chi connectivity index (χ1n) is 11.2.